The van der Waals surface area contributed by atoms with Gasteiger partial charge in [0, 0.05) is 31.4 Å². The number of ether oxygens (including phenoxy) is 1. The van der Waals surface area contributed by atoms with Gasteiger partial charge in [0.15, 0.2) is 5.82 Å². The number of nitrogens with one attached hydrogen (secondary N) is 2. The molecule has 112 valence electrons. The van der Waals surface area contributed by atoms with E-state index in [0.717, 1.165) is 11.3 Å². The van der Waals surface area contributed by atoms with Gasteiger partial charge in [-0.1, -0.05) is 0 Å². The summed E-state index contributed by atoms with van der Waals surface area (Å²) < 4.78 is 4.91. The van der Waals surface area contributed by atoms with Crippen LogP contribution in [0.25, 0.3) is 11.4 Å². The van der Waals surface area contributed by atoms with Crippen molar-refractivity contribution in [3.05, 3.63) is 30.1 Å². The summed E-state index contributed by atoms with van der Waals surface area (Å²) in [6.07, 6.45) is 1.15. The van der Waals surface area contributed by atoms with E-state index in [0.29, 0.717) is 37.6 Å². The largest absolute Gasteiger partial charge is 0.385 e. The zero-order chi connectivity index (χ0) is 15.1. The molecule has 4 N–H and O–H groups in total. The molecule has 1 amide bonds. The number of anilines is 1. The second kappa shape index (κ2) is 7.51. The van der Waals surface area contributed by atoms with Gasteiger partial charge < -0.3 is 15.8 Å². The Balaban J connectivity index is 1.94. The van der Waals surface area contributed by atoms with Crippen molar-refractivity contribution in [2.45, 2.75) is 19.4 Å². The highest BCUT2D eigenvalue weighted by molar-refractivity contribution is 5.90. The van der Waals surface area contributed by atoms with Crippen LogP contribution in [0, 0.1) is 0 Å². The van der Waals surface area contributed by atoms with E-state index in [1.807, 2.05) is 24.3 Å². The number of H-pyrrole nitrogens is 1. The lowest BCUT2D eigenvalue weighted by molar-refractivity contribution is -0.116. The topological polar surface area (TPSA) is 106 Å². The minimum absolute atomic E-state index is 0.0249. The summed E-state index contributed by atoms with van der Waals surface area (Å²) in [4.78, 5) is 15.9. The normalized spacial score (nSPS) is 10.6. The molecule has 21 heavy (non-hydrogen) atoms. The second-order valence-electron chi connectivity index (χ2n) is 4.53. The molecule has 0 saturated heterocycles. The maximum Gasteiger partial charge on any atom is 0.224 e. The fraction of sp³-hybridized carbons (Fsp3) is 0.357. The summed E-state index contributed by atoms with van der Waals surface area (Å²) in [7, 11) is 1.62. The molecule has 0 bridgehead atoms. The Morgan fingerprint density at radius 2 is 2.14 bits per heavy atom. The van der Waals surface area contributed by atoms with E-state index in [1.165, 1.54) is 0 Å². The summed E-state index contributed by atoms with van der Waals surface area (Å²) in [6.45, 7) is 0.906. The molecular weight excluding hydrogens is 270 g/mol. The molecule has 0 aliphatic carbocycles. The van der Waals surface area contributed by atoms with Crippen LogP contribution in [-0.4, -0.2) is 34.8 Å². The van der Waals surface area contributed by atoms with Crippen molar-refractivity contribution in [1.29, 1.82) is 0 Å². The molecule has 0 atom stereocenters. The van der Waals surface area contributed by atoms with Gasteiger partial charge in [0.2, 0.25) is 5.91 Å². The first-order valence-corrected chi connectivity index (χ1v) is 6.73. The Labute approximate surface area is 122 Å². The van der Waals surface area contributed by atoms with Crippen LogP contribution in [0.1, 0.15) is 18.7 Å². The highest BCUT2D eigenvalue weighted by Crippen LogP contribution is 2.18. The molecule has 0 fully saturated rings. The molecule has 0 aliphatic rings. The van der Waals surface area contributed by atoms with Crippen LogP contribution in [0.2, 0.25) is 0 Å². The predicted octanol–water partition coefficient (Wildman–Crippen LogP) is 1.30. The minimum Gasteiger partial charge on any atom is -0.385 e. The van der Waals surface area contributed by atoms with Crippen molar-refractivity contribution in [2.75, 3.05) is 19.0 Å². The van der Waals surface area contributed by atoms with Gasteiger partial charge in [0.05, 0.1) is 6.54 Å². The van der Waals surface area contributed by atoms with Crippen LogP contribution < -0.4 is 11.1 Å². The van der Waals surface area contributed by atoms with E-state index in [-0.39, 0.29) is 5.91 Å². The maximum absolute atomic E-state index is 11.7. The number of carbonyl (C=O) groups excluding carboxylic acids is 1. The first kappa shape index (κ1) is 15.1. The molecule has 7 heteroatoms. The van der Waals surface area contributed by atoms with Crippen LogP contribution in [0.5, 0.6) is 0 Å². The lowest BCUT2D eigenvalue weighted by Crippen LogP contribution is -2.11. The number of amides is 1. The number of hydrogen-bond acceptors (Lipinski definition) is 5. The second-order valence-corrected chi connectivity index (χ2v) is 4.53. The number of aromatic amines is 1. The minimum atomic E-state index is -0.0249. The summed E-state index contributed by atoms with van der Waals surface area (Å²) in [6, 6.07) is 7.35. The van der Waals surface area contributed by atoms with E-state index >= 15 is 0 Å². The van der Waals surface area contributed by atoms with E-state index in [9.17, 15) is 4.79 Å². The van der Waals surface area contributed by atoms with Gasteiger partial charge in [0.25, 0.3) is 0 Å². The fourth-order valence-electron chi connectivity index (χ4n) is 1.82. The highest BCUT2D eigenvalue weighted by Gasteiger charge is 2.06. The fourth-order valence-corrected chi connectivity index (χ4v) is 1.82. The van der Waals surface area contributed by atoms with Crippen molar-refractivity contribution >= 4 is 11.6 Å². The van der Waals surface area contributed by atoms with E-state index in [4.69, 9.17) is 10.5 Å². The van der Waals surface area contributed by atoms with Gasteiger partial charge >= 0.3 is 0 Å². The van der Waals surface area contributed by atoms with Gasteiger partial charge in [-0.25, -0.2) is 4.98 Å². The van der Waals surface area contributed by atoms with Crippen molar-refractivity contribution < 1.29 is 9.53 Å². The van der Waals surface area contributed by atoms with E-state index in [2.05, 4.69) is 20.5 Å². The van der Waals surface area contributed by atoms with E-state index < -0.39 is 0 Å². The number of nitrogens with zero attached hydrogens (tertiary/aromatic N) is 2. The van der Waals surface area contributed by atoms with Gasteiger partial charge in [-0.2, -0.15) is 5.10 Å². The molecule has 0 radical (unpaired) electrons. The molecule has 2 aromatic rings. The monoisotopic (exact) mass is 289 g/mol. The Bertz CT molecular complexity index is 579. The third kappa shape index (κ3) is 4.37. The number of methoxy groups -OCH3 is 1. The van der Waals surface area contributed by atoms with Gasteiger partial charge in [0.1, 0.15) is 5.82 Å². The van der Waals surface area contributed by atoms with E-state index in [1.54, 1.807) is 7.11 Å². The predicted molar refractivity (Wildman–Crippen MR) is 79.4 cm³/mol. The highest BCUT2D eigenvalue weighted by atomic mass is 16.5. The number of carbonyl (C=O) groups is 1. The molecule has 0 saturated carbocycles. The lowest BCUT2D eigenvalue weighted by Gasteiger charge is -2.05. The Kier molecular flexibility index (Phi) is 5.42. The lowest BCUT2D eigenvalue weighted by atomic mass is 10.2. The van der Waals surface area contributed by atoms with Gasteiger partial charge in [-0.15, -0.1) is 0 Å². The molecule has 0 spiro atoms. The van der Waals surface area contributed by atoms with Crippen LogP contribution in [-0.2, 0) is 16.1 Å². The SMILES string of the molecule is COCCCC(=O)Nc1ccc(-c2n[nH]c(CN)n2)cc1. The number of benzene rings is 1. The number of hydrogen-bond donors (Lipinski definition) is 3. The molecule has 0 aliphatic heterocycles. The average molecular weight is 289 g/mol. The zero-order valence-corrected chi connectivity index (χ0v) is 11.9. The number of aromatic nitrogens is 3. The first-order chi connectivity index (χ1) is 10.2. The molecule has 7 nitrogen and oxygen atoms in total. The standard InChI is InChI=1S/C14H19N5O2/c1-21-8-2-3-13(20)16-11-6-4-10(5-7-11)14-17-12(9-15)18-19-14/h4-7H,2-3,8-9,15H2,1H3,(H,16,20)(H,17,18,19). The van der Waals surface area contributed by atoms with Crippen LogP contribution >= 0.6 is 0 Å². The third-order valence-corrected chi connectivity index (χ3v) is 2.90. The molecule has 1 aromatic heterocycles. The van der Waals surface area contributed by atoms with Gasteiger partial charge in [-0.05, 0) is 30.7 Å². The average Bonchev–Trinajstić information content (AvgIpc) is 2.97. The summed E-state index contributed by atoms with van der Waals surface area (Å²) in [5.74, 6) is 1.21. The molecular formula is C14H19N5O2. The summed E-state index contributed by atoms with van der Waals surface area (Å²) in [5, 5.41) is 9.67. The molecule has 0 unspecified atom stereocenters. The van der Waals surface area contributed by atoms with Crippen LogP contribution in [0.4, 0.5) is 5.69 Å². The van der Waals surface area contributed by atoms with Crippen LogP contribution in [0.3, 0.4) is 0 Å². The summed E-state index contributed by atoms with van der Waals surface area (Å²) >= 11 is 0. The van der Waals surface area contributed by atoms with Crippen molar-refractivity contribution in [1.82, 2.24) is 15.2 Å². The molecule has 2 rings (SSSR count). The first-order valence-electron chi connectivity index (χ1n) is 6.73. The van der Waals surface area contributed by atoms with Gasteiger partial charge in [-0.3, -0.25) is 9.89 Å². The zero-order valence-electron chi connectivity index (χ0n) is 11.9. The Hall–Kier alpha value is -2.25. The van der Waals surface area contributed by atoms with Crippen molar-refractivity contribution in [3.63, 3.8) is 0 Å². The number of rotatable bonds is 7. The quantitative estimate of drug-likeness (QED) is 0.666. The molecule has 1 aromatic carbocycles. The molecule has 1 heterocycles. The Morgan fingerprint density at radius 1 is 1.38 bits per heavy atom. The summed E-state index contributed by atoms with van der Waals surface area (Å²) in [5.41, 5.74) is 7.09. The van der Waals surface area contributed by atoms with Crippen LogP contribution in [0.15, 0.2) is 24.3 Å². The Morgan fingerprint density at radius 3 is 2.76 bits per heavy atom. The van der Waals surface area contributed by atoms with Crippen molar-refractivity contribution in [3.8, 4) is 11.4 Å². The maximum atomic E-state index is 11.7. The number of nitrogens with two attached hydrogens (primary N) is 1. The smallest absolute Gasteiger partial charge is 0.224 e. The third-order valence-electron chi connectivity index (χ3n) is 2.90. The van der Waals surface area contributed by atoms with Crippen molar-refractivity contribution in [2.24, 2.45) is 5.73 Å².